The van der Waals surface area contributed by atoms with Gasteiger partial charge in [-0.1, -0.05) is 19.9 Å². The molecule has 6 nitrogen and oxygen atoms in total. The lowest BCUT2D eigenvalue weighted by molar-refractivity contribution is 0.200. The molecule has 0 aliphatic carbocycles. The van der Waals surface area contributed by atoms with E-state index in [1.54, 1.807) is 11.0 Å². The fourth-order valence-electron chi connectivity index (χ4n) is 5.04. The van der Waals surface area contributed by atoms with Crippen LogP contribution in [0.4, 0.5) is 0 Å². The van der Waals surface area contributed by atoms with Crippen molar-refractivity contribution in [2.75, 3.05) is 13.1 Å². The third kappa shape index (κ3) is 3.92. The third-order valence-electron chi connectivity index (χ3n) is 6.63. The van der Waals surface area contributed by atoms with Crippen molar-refractivity contribution in [1.29, 1.82) is 0 Å². The van der Waals surface area contributed by atoms with Crippen LogP contribution in [-0.2, 0) is 20.6 Å². The first kappa shape index (κ1) is 20.1. The summed E-state index contributed by atoms with van der Waals surface area (Å²) in [6, 6.07) is 9.27. The van der Waals surface area contributed by atoms with Gasteiger partial charge < -0.3 is 9.55 Å². The van der Waals surface area contributed by atoms with E-state index in [0.29, 0.717) is 11.8 Å². The van der Waals surface area contributed by atoms with Crippen LogP contribution in [-0.4, -0.2) is 42.3 Å². The van der Waals surface area contributed by atoms with E-state index in [2.05, 4.69) is 82.1 Å². The Balaban J connectivity index is 1.38. The van der Waals surface area contributed by atoms with E-state index in [1.807, 2.05) is 7.05 Å². The number of H-pyrrole nitrogens is 1. The molecule has 1 fully saturated rings. The van der Waals surface area contributed by atoms with E-state index >= 15 is 0 Å². The van der Waals surface area contributed by atoms with Crippen molar-refractivity contribution in [3.05, 3.63) is 59.9 Å². The topological polar surface area (TPSA) is 54.7 Å². The minimum atomic E-state index is 0.465. The molecule has 0 radical (unpaired) electrons. The number of aryl methyl sites for hydroxylation is 2. The molecule has 1 saturated heterocycles. The van der Waals surface area contributed by atoms with Crippen LogP contribution in [0.5, 0.6) is 0 Å². The summed E-state index contributed by atoms with van der Waals surface area (Å²) in [6.07, 6.45) is 8.47. The van der Waals surface area contributed by atoms with Gasteiger partial charge in [-0.25, -0.2) is 4.98 Å². The standard InChI is InChI=1S/C25H32N6/c1-17(2)24-21-13-19(5-6-22(21)27-25(24)20-7-10-29(3)14-20)18-8-11-31(12-9-18)15-23-26-16-30(4)28-23/h5-7,10,13-14,16-18,27H,8-9,11-12,15H2,1-4H3. The van der Waals surface area contributed by atoms with E-state index in [9.17, 15) is 0 Å². The van der Waals surface area contributed by atoms with Crippen LogP contribution >= 0.6 is 0 Å². The number of aromatic nitrogens is 5. The van der Waals surface area contributed by atoms with Crippen molar-refractivity contribution in [3.8, 4) is 11.3 Å². The Morgan fingerprint density at radius 2 is 1.94 bits per heavy atom. The molecule has 1 aliphatic heterocycles. The number of fused-ring (bicyclic) bond motifs is 1. The summed E-state index contributed by atoms with van der Waals surface area (Å²) in [5.41, 5.74) is 6.68. The van der Waals surface area contributed by atoms with Gasteiger partial charge in [0, 0.05) is 43.0 Å². The van der Waals surface area contributed by atoms with Gasteiger partial charge in [0.15, 0.2) is 5.82 Å². The fourth-order valence-corrected chi connectivity index (χ4v) is 5.04. The Kier molecular flexibility index (Phi) is 5.18. The van der Waals surface area contributed by atoms with Gasteiger partial charge in [0.25, 0.3) is 0 Å². The molecule has 6 heteroatoms. The average molecular weight is 417 g/mol. The molecule has 162 valence electrons. The summed E-state index contributed by atoms with van der Waals surface area (Å²) in [5.74, 6) is 2.00. The summed E-state index contributed by atoms with van der Waals surface area (Å²) < 4.78 is 3.90. The highest BCUT2D eigenvalue weighted by Gasteiger charge is 2.23. The largest absolute Gasteiger partial charge is 0.357 e. The van der Waals surface area contributed by atoms with Crippen LogP contribution in [0.25, 0.3) is 22.2 Å². The third-order valence-corrected chi connectivity index (χ3v) is 6.63. The summed E-state index contributed by atoms with van der Waals surface area (Å²) in [5, 5.41) is 5.81. The van der Waals surface area contributed by atoms with Crippen molar-refractivity contribution in [1.82, 2.24) is 29.2 Å². The van der Waals surface area contributed by atoms with Crippen LogP contribution in [0.1, 0.15) is 55.5 Å². The monoisotopic (exact) mass is 416 g/mol. The zero-order valence-corrected chi connectivity index (χ0v) is 19.0. The molecule has 1 aromatic carbocycles. The van der Waals surface area contributed by atoms with E-state index in [0.717, 1.165) is 25.5 Å². The molecule has 0 saturated carbocycles. The number of benzene rings is 1. The smallest absolute Gasteiger partial charge is 0.164 e. The minimum Gasteiger partial charge on any atom is -0.357 e. The molecule has 0 atom stereocenters. The normalized spacial score (nSPS) is 16.0. The lowest BCUT2D eigenvalue weighted by atomic mass is 9.87. The molecule has 4 heterocycles. The van der Waals surface area contributed by atoms with Crippen LogP contribution in [0, 0.1) is 0 Å². The first-order valence-electron chi connectivity index (χ1n) is 11.3. The van der Waals surface area contributed by atoms with Crippen molar-refractivity contribution >= 4 is 10.9 Å². The van der Waals surface area contributed by atoms with Gasteiger partial charge in [0.1, 0.15) is 6.33 Å². The average Bonchev–Trinajstić information content (AvgIpc) is 3.46. The van der Waals surface area contributed by atoms with Gasteiger partial charge in [0.2, 0.25) is 0 Å². The molecule has 31 heavy (non-hydrogen) atoms. The zero-order valence-electron chi connectivity index (χ0n) is 19.0. The molecular formula is C25H32N6. The minimum absolute atomic E-state index is 0.465. The Labute approximate surface area is 183 Å². The van der Waals surface area contributed by atoms with Crippen LogP contribution in [0.3, 0.4) is 0 Å². The second kappa shape index (κ2) is 8.00. The van der Waals surface area contributed by atoms with Crippen LogP contribution in [0.15, 0.2) is 43.0 Å². The maximum absolute atomic E-state index is 4.43. The maximum atomic E-state index is 4.43. The van der Waals surface area contributed by atoms with Gasteiger partial charge in [-0.15, -0.1) is 0 Å². The molecule has 3 aromatic heterocycles. The van der Waals surface area contributed by atoms with Crippen molar-refractivity contribution < 1.29 is 0 Å². The second-order valence-corrected chi connectivity index (χ2v) is 9.32. The SMILES string of the molecule is CC(C)c1c(-c2ccn(C)c2)[nH]c2ccc(C3CCN(Cc4ncn(C)n4)CC3)cc12. The van der Waals surface area contributed by atoms with Crippen molar-refractivity contribution in [2.45, 2.75) is 45.1 Å². The highest BCUT2D eigenvalue weighted by molar-refractivity contribution is 5.92. The molecule has 1 aliphatic rings. The lowest BCUT2D eigenvalue weighted by Gasteiger charge is -2.31. The lowest BCUT2D eigenvalue weighted by Crippen LogP contribution is -2.32. The second-order valence-electron chi connectivity index (χ2n) is 9.32. The van der Waals surface area contributed by atoms with Gasteiger partial charge >= 0.3 is 0 Å². The Morgan fingerprint density at radius 1 is 1.13 bits per heavy atom. The molecule has 0 amide bonds. The molecular weight excluding hydrogens is 384 g/mol. The van der Waals surface area contributed by atoms with E-state index < -0.39 is 0 Å². The maximum Gasteiger partial charge on any atom is 0.164 e. The predicted molar refractivity (Wildman–Crippen MR) is 125 cm³/mol. The molecule has 1 N–H and O–H groups in total. The van der Waals surface area contributed by atoms with Gasteiger partial charge in [-0.3, -0.25) is 9.58 Å². The number of piperidine rings is 1. The molecule has 4 aromatic rings. The Morgan fingerprint density at radius 3 is 2.58 bits per heavy atom. The number of nitrogens with one attached hydrogen (secondary N) is 1. The van der Waals surface area contributed by atoms with Gasteiger partial charge in [-0.05, 0) is 67.1 Å². The predicted octanol–water partition coefficient (Wildman–Crippen LogP) is 4.80. The first-order chi connectivity index (χ1) is 15.0. The Hall–Kier alpha value is -2.86. The van der Waals surface area contributed by atoms with E-state index in [4.69, 9.17) is 0 Å². The summed E-state index contributed by atoms with van der Waals surface area (Å²) in [6.45, 7) is 7.64. The van der Waals surface area contributed by atoms with Crippen LogP contribution < -0.4 is 0 Å². The van der Waals surface area contributed by atoms with Crippen LogP contribution in [0.2, 0.25) is 0 Å². The number of hydrogen-bond acceptors (Lipinski definition) is 3. The van der Waals surface area contributed by atoms with Crippen molar-refractivity contribution in [3.63, 3.8) is 0 Å². The van der Waals surface area contributed by atoms with E-state index in [-0.39, 0.29) is 0 Å². The summed E-state index contributed by atoms with van der Waals surface area (Å²) in [7, 11) is 4.00. The highest BCUT2D eigenvalue weighted by atomic mass is 15.3. The summed E-state index contributed by atoms with van der Waals surface area (Å²) >= 11 is 0. The van der Waals surface area contributed by atoms with Crippen molar-refractivity contribution in [2.24, 2.45) is 14.1 Å². The highest BCUT2D eigenvalue weighted by Crippen LogP contribution is 2.38. The number of likely N-dealkylation sites (tertiary alicyclic amines) is 1. The molecule has 0 unspecified atom stereocenters. The number of rotatable bonds is 5. The quantitative estimate of drug-likeness (QED) is 0.508. The number of nitrogens with zero attached hydrogens (tertiary/aromatic N) is 5. The summed E-state index contributed by atoms with van der Waals surface area (Å²) in [4.78, 5) is 10.6. The number of hydrogen-bond donors (Lipinski definition) is 1. The van der Waals surface area contributed by atoms with E-state index in [1.165, 1.54) is 46.1 Å². The van der Waals surface area contributed by atoms with Gasteiger partial charge in [0.05, 0.1) is 12.2 Å². The zero-order chi connectivity index (χ0) is 21.5. The fraction of sp³-hybridized carbons (Fsp3) is 0.440. The molecule has 5 rings (SSSR count). The van der Waals surface area contributed by atoms with Gasteiger partial charge in [-0.2, -0.15) is 5.10 Å². The molecule has 0 spiro atoms. The first-order valence-corrected chi connectivity index (χ1v) is 11.3. The number of aromatic amines is 1. The Bertz CT molecular complexity index is 1190. The molecule has 0 bridgehead atoms.